The van der Waals surface area contributed by atoms with Crippen LogP contribution in [0.3, 0.4) is 0 Å². The number of rotatable bonds is 0. The molecule has 0 saturated carbocycles. The largest absolute Gasteiger partial charge is 2.00 e. The third-order valence-corrected chi connectivity index (χ3v) is 7.45. The summed E-state index contributed by atoms with van der Waals surface area (Å²) in [5.74, 6) is 0. The van der Waals surface area contributed by atoms with E-state index >= 15 is 0 Å². The van der Waals surface area contributed by atoms with Gasteiger partial charge in [-0.05, 0) is 27.9 Å². The molecule has 2 heterocycles. The molecule has 28 heavy (non-hydrogen) atoms. The van der Waals surface area contributed by atoms with Crippen molar-refractivity contribution in [3.8, 4) is 11.1 Å². The predicted octanol–water partition coefficient (Wildman–Crippen LogP) is 6.65. The van der Waals surface area contributed by atoms with Gasteiger partial charge in [0.2, 0.25) is 0 Å². The topological polar surface area (TPSA) is 9.23 Å². The van der Waals surface area contributed by atoms with E-state index in [1.54, 1.807) is 11.8 Å². The Morgan fingerprint density at radius 2 is 1.64 bits per heavy atom. The van der Waals surface area contributed by atoms with E-state index in [9.17, 15) is 0 Å². The van der Waals surface area contributed by atoms with E-state index in [0.29, 0.717) is 0 Å². The average Bonchev–Trinajstić information content (AvgIpc) is 3.24. The van der Waals surface area contributed by atoms with Crippen molar-refractivity contribution in [2.75, 3.05) is 0 Å². The smallest absolute Gasteiger partial charge is 0.483 e. The first kappa shape index (κ1) is 18.7. The van der Waals surface area contributed by atoms with E-state index in [1.165, 1.54) is 48.8 Å². The monoisotopic (exact) mass is 518 g/mol. The first-order chi connectivity index (χ1) is 13.3. The summed E-state index contributed by atoms with van der Waals surface area (Å²) < 4.78 is 6.67. The number of hydrogen-bond acceptors (Lipinski definition) is 2. The Hall–Kier alpha value is -1.35. The van der Waals surface area contributed by atoms with Crippen molar-refractivity contribution in [2.45, 2.75) is 12.5 Å². The second-order valence-corrected chi connectivity index (χ2v) is 8.59. The van der Waals surface area contributed by atoms with Gasteiger partial charge < -0.3 is 4.74 Å². The Morgan fingerprint density at radius 3 is 2.54 bits per heavy atom. The van der Waals surface area contributed by atoms with Crippen molar-refractivity contribution in [1.29, 1.82) is 0 Å². The molecule has 3 aromatic rings. The molecule has 0 aromatic heterocycles. The Morgan fingerprint density at radius 1 is 0.893 bits per heavy atom. The number of hydrogen-bond donors (Lipinski definition) is 0. The summed E-state index contributed by atoms with van der Waals surface area (Å²) in [7, 11) is 0. The second-order valence-electron chi connectivity index (χ2n) is 6.85. The van der Waals surface area contributed by atoms with Gasteiger partial charge in [0.05, 0.1) is 4.91 Å². The summed E-state index contributed by atoms with van der Waals surface area (Å²) in [6, 6.07) is 27.5. The van der Waals surface area contributed by atoms with E-state index < -0.39 is 0 Å². The van der Waals surface area contributed by atoms with Crippen molar-refractivity contribution in [1.82, 2.24) is 0 Å². The molecule has 0 N–H and O–H groups in total. The maximum absolute atomic E-state index is 5.76. The summed E-state index contributed by atoms with van der Waals surface area (Å²) in [5.41, 5.74) is 9.34. The van der Waals surface area contributed by atoms with Crippen LogP contribution in [0.5, 0.6) is 0 Å². The maximum Gasteiger partial charge on any atom is 2.00 e. The summed E-state index contributed by atoms with van der Waals surface area (Å²) in [5, 5.41) is 0. The molecule has 0 amide bonds. The maximum atomic E-state index is 5.76. The molecular weight excluding hydrogens is 507 g/mol. The van der Waals surface area contributed by atoms with Gasteiger partial charge in [0, 0.05) is 0 Å². The van der Waals surface area contributed by atoms with Crippen LogP contribution in [-0.2, 0) is 37.4 Å². The molecule has 4 heteroatoms. The van der Waals surface area contributed by atoms with Gasteiger partial charge in [0.15, 0.2) is 4.67 Å². The molecule has 0 fully saturated rings. The molecule has 2 aliphatic heterocycles. The number of ether oxygens (including phenoxy) is 1. The van der Waals surface area contributed by atoms with Crippen LogP contribution in [0.1, 0.15) is 28.4 Å². The fraction of sp³-hybridized carbons (Fsp3) is 0.0833. The van der Waals surface area contributed by atoms with Crippen LogP contribution in [0.4, 0.5) is 0 Å². The molecule has 0 unspecified atom stereocenters. The third-order valence-electron chi connectivity index (χ3n) is 5.36. The molecule has 0 saturated heterocycles. The molecule has 1 nitrogen and oxygen atoms in total. The second kappa shape index (κ2) is 7.16. The zero-order valence-corrected chi connectivity index (χ0v) is 19.6. The molecule has 2 aliphatic carbocycles. The minimum Gasteiger partial charge on any atom is -0.483 e. The van der Waals surface area contributed by atoms with Crippen LogP contribution in [0.2, 0.25) is 0 Å². The molecule has 1 atom stereocenters. The number of halogens is 1. The number of fused-ring (bicyclic) bond motifs is 6. The van der Waals surface area contributed by atoms with E-state index in [0.717, 1.165) is 11.1 Å². The molecule has 4 aliphatic rings. The van der Waals surface area contributed by atoms with Crippen LogP contribution in [0.25, 0.3) is 16.0 Å². The van der Waals surface area contributed by atoms with Gasteiger partial charge in [-0.3, -0.25) is 0 Å². The van der Waals surface area contributed by atoms with E-state index in [1.807, 2.05) is 18.2 Å². The quantitative estimate of drug-likeness (QED) is 0.240. The molecule has 7 rings (SSSR count). The third kappa shape index (κ3) is 2.69. The van der Waals surface area contributed by atoms with Crippen LogP contribution < -0.4 is 0 Å². The summed E-state index contributed by atoms with van der Waals surface area (Å²) >= 11 is 5.23. The summed E-state index contributed by atoms with van der Waals surface area (Å²) in [6.07, 6.45) is 1.21. The van der Waals surface area contributed by atoms with Gasteiger partial charge in [0.1, 0.15) is 6.10 Å². The van der Waals surface area contributed by atoms with E-state index in [4.69, 9.17) is 4.74 Å². The van der Waals surface area contributed by atoms with Crippen LogP contribution >= 0.6 is 27.7 Å². The summed E-state index contributed by atoms with van der Waals surface area (Å²) in [6.45, 7) is 0. The Bertz CT molecular complexity index is 1140. The van der Waals surface area contributed by atoms with Gasteiger partial charge in [0.25, 0.3) is 0 Å². The van der Waals surface area contributed by atoms with E-state index in [-0.39, 0.29) is 32.3 Å². The van der Waals surface area contributed by atoms with Crippen LogP contribution in [0, 0.1) is 12.1 Å². The first-order valence-corrected chi connectivity index (χ1v) is 10.5. The minimum atomic E-state index is 0. The Balaban J connectivity index is 0.000000118. The van der Waals surface area contributed by atoms with Gasteiger partial charge in [-0.15, -0.1) is 77.0 Å². The molecule has 0 radical (unpaired) electrons. The number of thioether (sulfide) groups is 1. The fourth-order valence-electron chi connectivity index (χ4n) is 4.13. The zero-order valence-electron chi connectivity index (χ0n) is 14.8. The van der Waals surface area contributed by atoms with Crippen molar-refractivity contribution in [3.63, 3.8) is 0 Å². The molecule has 3 aromatic carbocycles. The first-order valence-electron chi connectivity index (χ1n) is 8.89. The van der Waals surface area contributed by atoms with Crippen molar-refractivity contribution < 1.29 is 30.9 Å². The standard InChI is InChI=1S/C13H9.C11H4BrOS.Zr/c1-3-7-12-10(5-1)9-11-6-2-4-8-13(11)12;12-11-10-7-8(13-11)5-3-1-2-4-6(5)9(7)14-10;/h1-7H,9H2;1-3,8H;/q2*-1;+2/t;8-;/m.1./s1. The summed E-state index contributed by atoms with van der Waals surface area (Å²) in [4.78, 5) is 2.63. The van der Waals surface area contributed by atoms with Gasteiger partial charge in [-0.1, -0.05) is 45.9 Å². The van der Waals surface area contributed by atoms with Crippen molar-refractivity contribution in [2.24, 2.45) is 0 Å². The predicted molar refractivity (Wildman–Crippen MR) is 113 cm³/mol. The van der Waals surface area contributed by atoms with Gasteiger partial charge in [-0.2, -0.15) is 0 Å². The van der Waals surface area contributed by atoms with Crippen molar-refractivity contribution in [3.05, 3.63) is 110 Å². The molecule has 0 bridgehead atoms. The normalized spacial score (nSPS) is 18.7. The average molecular weight is 521 g/mol. The zero-order chi connectivity index (χ0) is 18.0. The Labute approximate surface area is 196 Å². The minimum absolute atomic E-state index is 0. The molecule has 0 spiro atoms. The molecule has 132 valence electrons. The van der Waals surface area contributed by atoms with E-state index in [2.05, 4.69) is 70.5 Å². The van der Waals surface area contributed by atoms with Gasteiger partial charge in [-0.25, -0.2) is 0 Å². The SMILES string of the molecule is BrC1=C2SC3=C2[C@H](O1)c1ccc[c-]c13.[Zr+2].[c-]1cccc2c1-c1ccccc1C2. The van der Waals surface area contributed by atoms with Gasteiger partial charge >= 0.3 is 26.2 Å². The Kier molecular flexibility index (Phi) is 4.78. The van der Waals surface area contributed by atoms with Crippen LogP contribution in [-0.4, -0.2) is 0 Å². The van der Waals surface area contributed by atoms with Crippen LogP contribution in [0.15, 0.2) is 75.8 Å². The van der Waals surface area contributed by atoms with Crippen molar-refractivity contribution >= 4 is 32.6 Å². The molecular formula is C24H13BrOSZr. The number of benzene rings is 3. The fourth-order valence-corrected chi connectivity index (χ4v) is 5.87.